The zero-order valence-electron chi connectivity index (χ0n) is 17.8. The van der Waals surface area contributed by atoms with Crippen molar-refractivity contribution in [2.75, 3.05) is 6.61 Å². The van der Waals surface area contributed by atoms with Crippen LogP contribution in [0.25, 0.3) is 11.0 Å². The van der Waals surface area contributed by atoms with E-state index in [2.05, 4.69) is 41.9 Å². The first kappa shape index (κ1) is 20.9. The fraction of sp³-hybridized carbons (Fsp3) is 0.417. The van der Waals surface area contributed by atoms with E-state index >= 15 is 0 Å². The van der Waals surface area contributed by atoms with Gasteiger partial charge in [-0.05, 0) is 49.1 Å². The van der Waals surface area contributed by atoms with Crippen LogP contribution in [-0.4, -0.2) is 22.1 Å². The van der Waals surface area contributed by atoms with E-state index in [1.807, 2.05) is 44.2 Å². The quantitative estimate of drug-likeness (QED) is 0.507. The second-order valence-electron chi connectivity index (χ2n) is 7.68. The number of hydrogen-bond donors (Lipinski definition) is 1. The van der Waals surface area contributed by atoms with Crippen LogP contribution in [0.3, 0.4) is 0 Å². The molecule has 29 heavy (non-hydrogen) atoms. The van der Waals surface area contributed by atoms with Crippen molar-refractivity contribution in [1.29, 1.82) is 0 Å². The van der Waals surface area contributed by atoms with Crippen LogP contribution in [0.4, 0.5) is 0 Å². The summed E-state index contributed by atoms with van der Waals surface area (Å²) in [5, 5.41) is 3.02. The van der Waals surface area contributed by atoms with E-state index in [1.165, 1.54) is 5.56 Å². The zero-order chi connectivity index (χ0) is 20.8. The van der Waals surface area contributed by atoms with Gasteiger partial charge < -0.3 is 14.6 Å². The molecule has 154 valence electrons. The Kier molecular flexibility index (Phi) is 6.91. The summed E-state index contributed by atoms with van der Waals surface area (Å²) >= 11 is 0. The Balaban J connectivity index is 1.67. The van der Waals surface area contributed by atoms with Crippen LogP contribution >= 0.6 is 0 Å². The number of benzene rings is 2. The van der Waals surface area contributed by atoms with Crippen LogP contribution in [0.15, 0.2) is 48.5 Å². The lowest BCUT2D eigenvalue weighted by Crippen LogP contribution is -2.28. The van der Waals surface area contributed by atoms with Crippen molar-refractivity contribution in [3.8, 4) is 5.75 Å². The van der Waals surface area contributed by atoms with Gasteiger partial charge in [-0.3, -0.25) is 4.79 Å². The molecule has 3 aromatic rings. The number of fused-ring (bicyclic) bond motifs is 1. The molecule has 2 aromatic carbocycles. The second-order valence-corrected chi connectivity index (χ2v) is 7.68. The fourth-order valence-electron chi connectivity index (χ4n) is 3.43. The van der Waals surface area contributed by atoms with E-state index in [0.717, 1.165) is 35.6 Å². The number of amides is 1. The van der Waals surface area contributed by atoms with Gasteiger partial charge in [0, 0.05) is 13.0 Å². The standard InChI is InChI=1S/C24H31N3O2/c1-5-23(28)25-18(4)24-26-21-9-6-7-10-22(21)27(24)15-8-16-29-20-13-11-19(12-14-20)17(2)3/h6-7,9-14,17-18H,5,8,15-16H2,1-4H3,(H,25,28). The van der Waals surface area contributed by atoms with Crippen LogP contribution in [0, 0.1) is 0 Å². The summed E-state index contributed by atoms with van der Waals surface area (Å²) in [7, 11) is 0. The normalized spacial score (nSPS) is 12.3. The maximum atomic E-state index is 11.8. The molecule has 0 radical (unpaired) electrons. The number of para-hydroxylation sites is 2. The van der Waals surface area contributed by atoms with Crippen LogP contribution in [-0.2, 0) is 11.3 Å². The molecule has 5 nitrogen and oxygen atoms in total. The van der Waals surface area contributed by atoms with Crippen molar-refractivity contribution >= 4 is 16.9 Å². The number of hydrogen-bond acceptors (Lipinski definition) is 3. The van der Waals surface area contributed by atoms with Crippen molar-refractivity contribution < 1.29 is 9.53 Å². The monoisotopic (exact) mass is 393 g/mol. The number of carbonyl (C=O) groups excluding carboxylic acids is 1. The molecule has 1 heterocycles. The highest BCUT2D eigenvalue weighted by Gasteiger charge is 2.17. The van der Waals surface area contributed by atoms with Gasteiger partial charge in [0.25, 0.3) is 0 Å². The number of aromatic nitrogens is 2. The second kappa shape index (κ2) is 9.59. The first-order valence-electron chi connectivity index (χ1n) is 10.5. The van der Waals surface area contributed by atoms with Gasteiger partial charge in [0.1, 0.15) is 11.6 Å². The highest BCUT2D eigenvalue weighted by molar-refractivity contribution is 5.77. The van der Waals surface area contributed by atoms with Gasteiger partial charge in [-0.1, -0.05) is 45.0 Å². The highest BCUT2D eigenvalue weighted by atomic mass is 16.5. The van der Waals surface area contributed by atoms with Crippen molar-refractivity contribution in [2.24, 2.45) is 0 Å². The Morgan fingerprint density at radius 1 is 1.10 bits per heavy atom. The first-order chi connectivity index (χ1) is 14.0. The van der Waals surface area contributed by atoms with Gasteiger partial charge in [0.15, 0.2) is 0 Å². The molecular formula is C24H31N3O2. The first-order valence-corrected chi connectivity index (χ1v) is 10.5. The molecule has 1 unspecified atom stereocenters. The molecule has 1 amide bonds. The number of imidazole rings is 1. The molecule has 1 aromatic heterocycles. The summed E-state index contributed by atoms with van der Waals surface area (Å²) in [6, 6.07) is 16.3. The molecule has 0 fully saturated rings. The molecule has 0 saturated carbocycles. The minimum absolute atomic E-state index is 0.0317. The summed E-state index contributed by atoms with van der Waals surface area (Å²) < 4.78 is 8.13. The SMILES string of the molecule is CCC(=O)NC(C)c1nc2ccccc2n1CCCOc1ccc(C(C)C)cc1. The summed E-state index contributed by atoms with van der Waals surface area (Å²) in [5.74, 6) is 2.33. The summed E-state index contributed by atoms with van der Waals surface area (Å²) in [6.07, 6.45) is 1.32. The zero-order valence-corrected chi connectivity index (χ0v) is 17.8. The molecule has 0 bridgehead atoms. The van der Waals surface area contributed by atoms with E-state index < -0.39 is 0 Å². The summed E-state index contributed by atoms with van der Waals surface area (Å²) in [4.78, 5) is 16.6. The van der Waals surface area contributed by atoms with Crippen LogP contribution in [0.1, 0.15) is 63.9 Å². The van der Waals surface area contributed by atoms with E-state index in [1.54, 1.807) is 0 Å². The van der Waals surface area contributed by atoms with E-state index in [-0.39, 0.29) is 11.9 Å². The lowest BCUT2D eigenvalue weighted by atomic mass is 10.0. The number of rotatable bonds is 9. The predicted molar refractivity (Wildman–Crippen MR) is 117 cm³/mol. The van der Waals surface area contributed by atoms with Gasteiger partial charge in [-0.2, -0.15) is 0 Å². The largest absolute Gasteiger partial charge is 0.494 e. The molecule has 0 aliphatic rings. The lowest BCUT2D eigenvalue weighted by molar-refractivity contribution is -0.121. The summed E-state index contributed by atoms with van der Waals surface area (Å²) in [5.41, 5.74) is 3.35. The number of aryl methyl sites for hydroxylation is 1. The van der Waals surface area contributed by atoms with Gasteiger partial charge in [0.05, 0.1) is 23.7 Å². The third kappa shape index (κ3) is 5.17. The molecule has 0 aliphatic heterocycles. The maximum Gasteiger partial charge on any atom is 0.220 e. The molecular weight excluding hydrogens is 362 g/mol. The molecule has 1 atom stereocenters. The Morgan fingerprint density at radius 3 is 2.52 bits per heavy atom. The Hall–Kier alpha value is -2.82. The van der Waals surface area contributed by atoms with E-state index in [0.29, 0.717) is 18.9 Å². The van der Waals surface area contributed by atoms with E-state index in [9.17, 15) is 4.79 Å². The third-order valence-corrected chi connectivity index (χ3v) is 5.11. The van der Waals surface area contributed by atoms with Crippen LogP contribution in [0.5, 0.6) is 5.75 Å². The number of nitrogens with zero attached hydrogens (tertiary/aromatic N) is 2. The third-order valence-electron chi connectivity index (χ3n) is 5.11. The molecule has 5 heteroatoms. The predicted octanol–water partition coefficient (Wildman–Crippen LogP) is 5.22. The Labute approximate surface area is 173 Å². The Morgan fingerprint density at radius 2 is 1.83 bits per heavy atom. The number of carbonyl (C=O) groups is 1. The van der Waals surface area contributed by atoms with Crippen molar-refractivity contribution in [1.82, 2.24) is 14.9 Å². The maximum absolute atomic E-state index is 11.8. The molecule has 1 N–H and O–H groups in total. The van der Waals surface area contributed by atoms with Gasteiger partial charge in [0.2, 0.25) is 5.91 Å². The topological polar surface area (TPSA) is 56.2 Å². The van der Waals surface area contributed by atoms with Crippen LogP contribution < -0.4 is 10.1 Å². The van der Waals surface area contributed by atoms with Gasteiger partial charge >= 0.3 is 0 Å². The highest BCUT2D eigenvalue weighted by Crippen LogP contribution is 2.22. The lowest BCUT2D eigenvalue weighted by Gasteiger charge is -2.16. The smallest absolute Gasteiger partial charge is 0.220 e. The molecule has 0 saturated heterocycles. The molecule has 0 spiro atoms. The average Bonchev–Trinajstić information content (AvgIpc) is 3.10. The summed E-state index contributed by atoms with van der Waals surface area (Å²) in [6.45, 7) is 9.63. The van der Waals surface area contributed by atoms with Crippen molar-refractivity contribution in [3.05, 3.63) is 59.9 Å². The van der Waals surface area contributed by atoms with Crippen molar-refractivity contribution in [2.45, 2.75) is 59.0 Å². The average molecular weight is 394 g/mol. The molecule has 0 aliphatic carbocycles. The van der Waals surface area contributed by atoms with Crippen LogP contribution in [0.2, 0.25) is 0 Å². The minimum atomic E-state index is -0.139. The van der Waals surface area contributed by atoms with E-state index in [4.69, 9.17) is 9.72 Å². The number of ether oxygens (including phenoxy) is 1. The molecule has 3 rings (SSSR count). The van der Waals surface area contributed by atoms with Gasteiger partial charge in [-0.25, -0.2) is 4.98 Å². The number of nitrogens with one attached hydrogen (secondary N) is 1. The Bertz CT molecular complexity index is 944. The fourth-order valence-corrected chi connectivity index (χ4v) is 3.43. The van der Waals surface area contributed by atoms with Gasteiger partial charge in [-0.15, -0.1) is 0 Å². The minimum Gasteiger partial charge on any atom is -0.494 e. The van der Waals surface area contributed by atoms with Crippen molar-refractivity contribution in [3.63, 3.8) is 0 Å².